The summed E-state index contributed by atoms with van der Waals surface area (Å²) in [4.78, 5) is 32.2. The van der Waals surface area contributed by atoms with Crippen molar-refractivity contribution in [1.82, 2.24) is 0 Å². The molecular formula is C11H12N2O6. The van der Waals surface area contributed by atoms with Crippen LogP contribution in [-0.2, 0) is 14.3 Å². The van der Waals surface area contributed by atoms with Crippen LogP contribution in [0.1, 0.15) is 12.8 Å². The fraction of sp³-hybridized carbons (Fsp3) is 0.273. The number of esters is 1. The van der Waals surface area contributed by atoms with E-state index in [9.17, 15) is 24.8 Å². The van der Waals surface area contributed by atoms with Crippen molar-refractivity contribution in [2.45, 2.75) is 12.8 Å². The maximum atomic E-state index is 11.5. The molecule has 1 aromatic rings. The van der Waals surface area contributed by atoms with Gasteiger partial charge in [0.1, 0.15) is 5.75 Å². The van der Waals surface area contributed by atoms with Crippen molar-refractivity contribution < 1.29 is 24.4 Å². The molecular weight excluding hydrogens is 256 g/mol. The number of hydrogen-bond donors (Lipinski definition) is 2. The lowest BCUT2D eigenvalue weighted by Crippen LogP contribution is -2.14. The first-order valence-corrected chi connectivity index (χ1v) is 5.28. The van der Waals surface area contributed by atoms with E-state index in [-0.39, 0.29) is 30.0 Å². The second-order valence-electron chi connectivity index (χ2n) is 3.58. The van der Waals surface area contributed by atoms with E-state index in [0.29, 0.717) is 0 Å². The number of nitrogens with one attached hydrogen (secondary N) is 1. The van der Waals surface area contributed by atoms with Crippen molar-refractivity contribution in [3.8, 4) is 5.75 Å². The van der Waals surface area contributed by atoms with Crippen LogP contribution in [0, 0.1) is 10.1 Å². The van der Waals surface area contributed by atoms with Crippen LogP contribution in [0.5, 0.6) is 5.75 Å². The SMILES string of the molecule is COC(=O)CCC(=O)Nc1cc([N+](=O)[O-])ccc1O. The van der Waals surface area contributed by atoms with Crippen LogP contribution >= 0.6 is 0 Å². The lowest BCUT2D eigenvalue weighted by molar-refractivity contribution is -0.384. The molecule has 0 aliphatic rings. The zero-order chi connectivity index (χ0) is 14.4. The third-order valence-corrected chi connectivity index (χ3v) is 2.25. The summed E-state index contributed by atoms with van der Waals surface area (Å²) in [5.74, 6) is -1.39. The van der Waals surface area contributed by atoms with E-state index in [1.807, 2.05) is 0 Å². The quantitative estimate of drug-likeness (QED) is 0.358. The number of non-ortho nitro benzene ring substituents is 1. The van der Waals surface area contributed by atoms with Crippen molar-refractivity contribution in [3.63, 3.8) is 0 Å². The van der Waals surface area contributed by atoms with Crippen LogP contribution < -0.4 is 5.32 Å². The number of benzene rings is 1. The number of hydrogen-bond acceptors (Lipinski definition) is 6. The van der Waals surface area contributed by atoms with E-state index in [2.05, 4.69) is 10.1 Å². The minimum atomic E-state index is -0.649. The normalized spacial score (nSPS) is 9.74. The predicted molar refractivity (Wildman–Crippen MR) is 64.6 cm³/mol. The van der Waals surface area contributed by atoms with Crippen molar-refractivity contribution in [3.05, 3.63) is 28.3 Å². The molecule has 1 rings (SSSR count). The molecule has 1 aromatic carbocycles. The molecule has 1 amide bonds. The molecule has 0 aromatic heterocycles. The summed E-state index contributed by atoms with van der Waals surface area (Å²) in [6.45, 7) is 0. The van der Waals surface area contributed by atoms with Crippen LogP contribution in [0.2, 0.25) is 0 Å². The van der Waals surface area contributed by atoms with Gasteiger partial charge in [0.2, 0.25) is 5.91 Å². The largest absolute Gasteiger partial charge is 0.506 e. The number of nitrogens with zero attached hydrogens (tertiary/aromatic N) is 1. The van der Waals surface area contributed by atoms with Crippen LogP contribution in [0.25, 0.3) is 0 Å². The van der Waals surface area contributed by atoms with Gasteiger partial charge in [-0.05, 0) is 6.07 Å². The first-order valence-electron chi connectivity index (χ1n) is 5.28. The Bertz CT molecular complexity index is 514. The molecule has 0 saturated heterocycles. The highest BCUT2D eigenvalue weighted by atomic mass is 16.6. The molecule has 2 N–H and O–H groups in total. The van der Waals surface area contributed by atoms with E-state index >= 15 is 0 Å². The van der Waals surface area contributed by atoms with E-state index in [0.717, 1.165) is 18.2 Å². The molecule has 0 aliphatic heterocycles. The summed E-state index contributed by atoms with van der Waals surface area (Å²) in [7, 11) is 1.20. The molecule has 8 heteroatoms. The minimum absolute atomic E-state index is 0.0796. The van der Waals surface area contributed by atoms with E-state index < -0.39 is 16.8 Å². The summed E-state index contributed by atoms with van der Waals surface area (Å²) in [6.07, 6.45) is -0.257. The highest BCUT2D eigenvalue weighted by Gasteiger charge is 2.13. The molecule has 0 spiro atoms. The number of nitro benzene ring substituents is 1. The Morgan fingerprint density at radius 1 is 1.42 bits per heavy atom. The minimum Gasteiger partial charge on any atom is -0.506 e. The highest BCUT2D eigenvalue weighted by Crippen LogP contribution is 2.27. The number of phenolic OH excluding ortho intramolecular Hbond substituents is 1. The molecule has 0 unspecified atom stereocenters. The Morgan fingerprint density at radius 3 is 2.68 bits per heavy atom. The van der Waals surface area contributed by atoms with Gasteiger partial charge in [0.05, 0.1) is 24.1 Å². The average molecular weight is 268 g/mol. The fourth-order valence-corrected chi connectivity index (χ4v) is 1.27. The molecule has 0 saturated carbocycles. The third kappa shape index (κ3) is 4.26. The number of amides is 1. The number of carbonyl (C=O) groups excluding carboxylic acids is 2. The molecule has 8 nitrogen and oxygen atoms in total. The Morgan fingerprint density at radius 2 is 2.11 bits per heavy atom. The standard InChI is InChI=1S/C11H12N2O6/c1-19-11(16)5-4-10(15)12-8-6-7(13(17)18)2-3-9(8)14/h2-3,6,14H,4-5H2,1H3,(H,12,15). The van der Waals surface area contributed by atoms with E-state index in [1.54, 1.807) is 0 Å². The molecule has 0 bridgehead atoms. The molecule has 0 heterocycles. The predicted octanol–water partition coefficient (Wildman–Crippen LogP) is 1.19. The fourth-order valence-electron chi connectivity index (χ4n) is 1.27. The highest BCUT2D eigenvalue weighted by molar-refractivity contribution is 5.94. The Balaban J connectivity index is 2.70. The second kappa shape index (κ2) is 6.34. The lowest BCUT2D eigenvalue weighted by Gasteiger charge is -2.06. The molecule has 0 radical (unpaired) electrons. The number of rotatable bonds is 5. The monoisotopic (exact) mass is 268 g/mol. The topological polar surface area (TPSA) is 119 Å². The van der Waals surface area contributed by atoms with Crippen molar-refractivity contribution in [2.24, 2.45) is 0 Å². The van der Waals surface area contributed by atoms with Crippen LogP contribution in [0.4, 0.5) is 11.4 Å². The first-order chi connectivity index (χ1) is 8.93. The Hall–Kier alpha value is -2.64. The van der Waals surface area contributed by atoms with Gasteiger partial charge in [0.15, 0.2) is 0 Å². The Labute approximate surface area is 108 Å². The molecule has 102 valence electrons. The summed E-state index contributed by atoms with van der Waals surface area (Å²) in [5.41, 5.74) is -0.342. The molecule has 0 atom stereocenters. The maximum absolute atomic E-state index is 11.5. The van der Waals surface area contributed by atoms with Crippen LogP contribution in [0.15, 0.2) is 18.2 Å². The van der Waals surface area contributed by atoms with Gasteiger partial charge >= 0.3 is 5.97 Å². The van der Waals surface area contributed by atoms with Crippen LogP contribution in [0.3, 0.4) is 0 Å². The number of ether oxygens (including phenoxy) is 1. The summed E-state index contributed by atoms with van der Waals surface area (Å²) >= 11 is 0. The molecule has 19 heavy (non-hydrogen) atoms. The Kier molecular flexibility index (Phi) is 4.81. The zero-order valence-corrected chi connectivity index (χ0v) is 10.1. The number of nitro groups is 1. The number of carbonyl (C=O) groups is 2. The molecule has 0 fully saturated rings. The third-order valence-electron chi connectivity index (χ3n) is 2.25. The zero-order valence-electron chi connectivity index (χ0n) is 10.1. The van der Waals surface area contributed by atoms with Gasteiger partial charge in [0, 0.05) is 18.6 Å². The summed E-state index contributed by atoms with van der Waals surface area (Å²) in [5, 5.41) is 22.3. The number of phenols is 1. The van der Waals surface area contributed by atoms with Crippen molar-refractivity contribution in [1.29, 1.82) is 0 Å². The van der Waals surface area contributed by atoms with E-state index in [4.69, 9.17) is 0 Å². The van der Waals surface area contributed by atoms with Gasteiger partial charge in [-0.2, -0.15) is 0 Å². The number of methoxy groups -OCH3 is 1. The van der Waals surface area contributed by atoms with Gasteiger partial charge in [-0.25, -0.2) is 0 Å². The first kappa shape index (κ1) is 14.4. The number of anilines is 1. The van der Waals surface area contributed by atoms with Crippen molar-refractivity contribution in [2.75, 3.05) is 12.4 Å². The summed E-state index contributed by atoms with van der Waals surface area (Å²) in [6, 6.07) is 3.25. The lowest BCUT2D eigenvalue weighted by atomic mass is 10.2. The smallest absolute Gasteiger partial charge is 0.306 e. The number of aromatic hydroxyl groups is 1. The molecule has 0 aliphatic carbocycles. The van der Waals surface area contributed by atoms with E-state index in [1.165, 1.54) is 7.11 Å². The van der Waals surface area contributed by atoms with Gasteiger partial charge in [-0.1, -0.05) is 0 Å². The van der Waals surface area contributed by atoms with Gasteiger partial charge in [0.25, 0.3) is 5.69 Å². The maximum Gasteiger partial charge on any atom is 0.306 e. The average Bonchev–Trinajstić information content (AvgIpc) is 2.38. The van der Waals surface area contributed by atoms with Gasteiger partial charge in [-0.3, -0.25) is 19.7 Å². The van der Waals surface area contributed by atoms with Crippen molar-refractivity contribution >= 4 is 23.3 Å². The van der Waals surface area contributed by atoms with Gasteiger partial charge in [-0.15, -0.1) is 0 Å². The summed E-state index contributed by atoms with van der Waals surface area (Å²) < 4.78 is 4.37. The van der Waals surface area contributed by atoms with Crippen LogP contribution in [-0.4, -0.2) is 29.0 Å². The second-order valence-corrected chi connectivity index (χ2v) is 3.58. The van der Waals surface area contributed by atoms with Gasteiger partial charge < -0.3 is 15.2 Å².